The summed E-state index contributed by atoms with van der Waals surface area (Å²) in [5.74, 6) is -1.31. The average molecular weight is 259 g/mol. The van der Waals surface area contributed by atoms with Crippen LogP contribution >= 0.6 is 0 Å². The molecule has 0 heterocycles. The number of benzene rings is 2. The molecule has 19 heavy (non-hydrogen) atoms. The number of carbonyl (C=O) groups excluding carboxylic acids is 1. The van der Waals surface area contributed by atoms with E-state index in [1.165, 1.54) is 0 Å². The van der Waals surface area contributed by atoms with Crippen LogP contribution in [-0.4, -0.2) is 23.6 Å². The molecule has 0 aliphatic rings. The molecular weight excluding hydrogens is 246 g/mol. The minimum absolute atomic E-state index is 0.0475. The molecule has 0 saturated heterocycles. The third-order valence-electron chi connectivity index (χ3n) is 2.71. The van der Waals surface area contributed by atoms with Crippen LogP contribution in [0.5, 0.6) is 5.75 Å². The Hall–Kier alpha value is -2.56. The molecule has 0 radical (unpaired) electrons. The second-order valence-electron chi connectivity index (χ2n) is 4.03. The van der Waals surface area contributed by atoms with Gasteiger partial charge in [0, 0.05) is 0 Å². The summed E-state index contributed by atoms with van der Waals surface area (Å²) in [5, 5.41) is 10.7. The first-order valence-electron chi connectivity index (χ1n) is 5.75. The SMILES string of the molecule is NC(=O)CCOc1ccc2ccccc2c1C(=O)O. The van der Waals surface area contributed by atoms with E-state index in [1.807, 2.05) is 12.1 Å². The van der Waals surface area contributed by atoms with Crippen molar-refractivity contribution in [2.24, 2.45) is 5.73 Å². The van der Waals surface area contributed by atoms with Gasteiger partial charge < -0.3 is 15.6 Å². The number of rotatable bonds is 5. The summed E-state index contributed by atoms with van der Waals surface area (Å²) in [4.78, 5) is 22.0. The zero-order valence-corrected chi connectivity index (χ0v) is 10.1. The lowest BCUT2D eigenvalue weighted by Gasteiger charge is -2.10. The third kappa shape index (κ3) is 2.82. The predicted molar refractivity (Wildman–Crippen MR) is 70.2 cm³/mol. The van der Waals surface area contributed by atoms with Crippen molar-refractivity contribution in [3.05, 3.63) is 42.0 Å². The largest absolute Gasteiger partial charge is 0.492 e. The van der Waals surface area contributed by atoms with Crippen LogP contribution in [0.4, 0.5) is 0 Å². The zero-order chi connectivity index (χ0) is 13.8. The lowest BCUT2D eigenvalue weighted by atomic mass is 10.0. The number of carbonyl (C=O) groups is 2. The number of amides is 1. The summed E-state index contributed by atoms with van der Waals surface area (Å²) in [6.45, 7) is 0.0634. The fourth-order valence-electron chi connectivity index (χ4n) is 1.85. The van der Waals surface area contributed by atoms with Crippen LogP contribution in [0, 0.1) is 0 Å². The minimum atomic E-state index is -1.06. The van der Waals surface area contributed by atoms with E-state index in [0.29, 0.717) is 5.39 Å². The Kier molecular flexibility index (Phi) is 3.66. The molecule has 1 amide bonds. The standard InChI is InChI=1S/C14H13NO4/c15-12(16)7-8-19-11-6-5-9-3-1-2-4-10(9)13(11)14(17)18/h1-6H,7-8H2,(H2,15,16)(H,17,18). The van der Waals surface area contributed by atoms with Gasteiger partial charge in [-0.25, -0.2) is 4.79 Å². The van der Waals surface area contributed by atoms with Crippen LogP contribution in [0.3, 0.4) is 0 Å². The van der Waals surface area contributed by atoms with E-state index in [-0.39, 0.29) is 24.3 Å². The van der Waals surface area contributed by atoms with Gasteiger partial charge in [0.05, 0.1) is 13.0 Å². The Morgan fingerprint density at radius 1 is 1.16 bits per heavy atom. The summed E-state index contributed by atoms with van der Waals surface area (Å²) < 4.78 is 5.34. The number of hydrogen-bond acceptors (Lipinski definition) is 3. The Bertz CT molecular complexity index is 636. The summed E-state index contributed by atoms with van der Waals surface area (Å²) >= 11 is 0. The number of carboxylic acids is 1. The maximum Gasteiger partial charge on any atom is 0.340 e. The average Bonchev–Trinajstić information content (AvgIpc) is 2.37. The molecular formula is C14H13NO4. The van der Waals surface area contributed by atoms with E-state index in [9.17, 15) is 14.7 Å². The second-order valence-corrected chi connectivity index (χ2v) is 4.03. The molecule has 0 aliphatic heterocycles. The van der Waals surface area contributed by atoms with Crippen LogP contribution in [0.15, 0.2) is 36.4 Å². The van der Waals surface area contributed by atoms with Gasteiger partial charge in [-0.05, 0) is 16.8 Å². The molecule has 5 heteroatoms. The van der Waals surface area contributed by atoms with Crippen molar-refractivity contribution in [1.29, 1.82) is 0 Å². The number of aromatic carboxylic acids is 1. The van der Waals surface area contributed by atoms with Crippen molar-refractivity contribution in [1.82, 2.24) is 0 Å². The number of ether oxygens (including phenoxy) is 1. The van der Waals surface area contributed by atoms with E-state index >= 15 is 0 Å². The van der Waals surface area contributed by atoms with Crippen molar-refractivity contribution in [2.45, 2.75) is 6.42 Å². The molecule has 0 unspecified atom stereocenters. The van der Waals surface area contributed by atoms with Gasteiger partial charge in [0.2, 0.25) is 5.91 Å². The number of carboxylic acid groups (broad SMARTS) is 1. The first-order chi connectivity index (χ1) is 9.09. The molecule has 0 spiro atoms. The lowest BCUT2D eigenvalue weighted by Crippen LogP contribution is -2.15. The fraction of sp³-hybridized carbons (Fsp3) is 0.143. The lowest BCUT2D eigenvalue weighted by molar-refractivity contribution is -0.118. The molecule has 2 aromatic carbocycles. The summed E-state index contributed by atoms with van der Waals surface area (Å²) in [6.07, 6.45) is 0.0475. The summed E-state index contributed by atoms with van der Waals surface area (Å²) in [5.41, 5.74) is 5.11. The van der Waals surface area contributed by atoms with Crippen molar-refractivity contribution in [3.8, 4) is 5.75 Å². The Labute approximate surface area is 109 Å². The highest BCUT2D eigenvalue weighted by Gasteiger charge is 2.15. The molecule has 2 rings (SSSR count). The maximum absolute atomic E-state index is 11.4. The smallest absolute Gasteiger partial charge is 0.340 e. The minimum Gasteiger partial charge on any atom is -0.492 e. The third-order valence-corrected chi connectivity index (χ3v) is 2.71. The van der Waals surface area contributed by atoms with Gasteiger partial charge in [0.25, 0.3) is 0 Å². The highest BCUT2D eigenvalue weighted by Crippen LogP contribution is 2.28. The summed E-state index contributed by atoms with van der Waals surface area (Å²) in [7, 11) is 0. The van der Waals surface area contributed by atoms with Gasteiger partial charge in [0.1, 0.15) is 11.3 Å². The molecule has 98 valence electrons. The molecule has 0 bridgehead atoms. The normalized spacial score (nSPS) is 10.3. The van der Waals surface area contributed by atoms with Crippen LogP contribution in [0.2, 0.25) is 0 Å². The predicted octanol–water partition coefficient (Wildman–Crippen LogP) is 1.79. The molecule has 5 nitrogen and oxygen atoms in total. The fourth-order valence-corrected chi connectivity index (χ4v) is 1.85. The van der Waals surface area contributed by atoms with Gasteiger partial charge in [-0.1, -0.05) is 30.3 Å². The highest BCUT2D eigenvalue weighted by atomic mass is 16.5. The molecule has 0 aromatic heterocycles. The van der Waals surface area contributed by atoms with Gasteiger partial charge >= 0.3 is 5.97 Å². The molecule has 2 aromatic rings. The van der Waals surface area contributed by atoms with Crippen molar-refractivity contribution in [3.63, 3.8) is 0 Å². The molecule has 0 fully saturated rings. The van der Waals surface area contributed by atoms with Crippen molar-refractivity contribution >= 4 is 22.6 Å². The topological polar surface area (TPSA) is 89.6 Å². The van der Waals surface area contributed by atoms with Gasteiger partial charge in [0.15, 0.2) is 0 Å². The van der Waals surface area contributed by atoms with Crippen LogP contribution < -0.4 is 10.5 Å². The first kappa shape index (κ1) is 12.9. The van der Waals surface area contributed by atoms with Gasteiger partial charge in [-0.3, -0.25) is 4.79 Å². The van der Waals surface area contributed by atoms with Crippen molar-refractivity contribution < 1.29 is 19.4 Å². The molecule has 0 aliphatic carbocycles. The molecule has 0 atom stereocenters. The maximum atomic E-state index is 11.4. The van der Waals surface area contributed by atoms with Crippen LogP contribution in [0.25, 0.3) is 10.8 Å². The van der Waals surface area contributed by atoms with E-state index < -0.39 is 11.9 Å². The zero-order valence-electron chi connectivity index (χ0n) is 10.1. The Balaban J connectivity index is 2.40. The number of primary amides is 1. The monoisotopic (exact) mass is 259 g/mol. The Morgan fingerprint density at radius 3 is 2.58 bits per heavy atom. The van der Waals surface area contributed by atoms with Gasteiger partial charge in [-0.2, -0.15) is 0 Å². The Morgan fingerprint density at radius 2 is 1.89 bits per heavy atom. The van der Waals surface area contributed by atoms with E-state index in [0.717, 1.165) is 5.39 Å². The highest BCUT2D eigenvalue weighted by molar-refractivity contribution is 6.06. The molecule has 0 saturated carbocycles. The van der Waals surface area contributed by atoms with E-state index in [2.05, 4.69) is 0 Å². The van der Waals surface area contributed by atoms with Crippen LogP contribution in [-0.2, 0) is 4.79 Å². The number of fused-ring (bicyclic) bond motifs is 1. The quantitative estimate of drug-likeness (QED) is 0.856. The van der Waals surface area contributed by atoms with Crippen molar-refractivity contribution in [2.75, 3.05) is 6.61 Å². The second kappa shape index (κ2) is 5.39. The number of nitrogens with two attached hydrogens (primary N) is 1. The summed E-state index contributed by atoms with van der Waals surface area (Å²) in [6, 6.07) is 10.5. The molecule has 3 N–H and O–H groups in total. The number of hydrogen-bond donors (Lipinski definition) is 2. The van der Waals surface area contributed by atoms with Gasteiger partial charge in [-0.15, -0.1) is 0 Å². The first-order valence-corrected chi connectivity index (χ1v) is 5.75. The van der Waals surface area contributed by atoms with Crippen LogP contribution in [0.1, 0.15) is 16.8 Å². The van der Waals surface area contributed by atoms with E-state index in [1.54, 1.807) is 24.3 Å². The van der Waals surface area contributed by atoms with E-state index in [4.69, 9.17) is 10.5 Å².